The summed E-state index contributed by atoms with van der Waals surface area (Å²) in [6, 6.07) is 0. The Balaban J connectivity index is 2.04. The molecule has 0 saturated carbocycles. The van der Waals surface area contributed by atoms with E-state index in [-0.39, 0.29) is 13.2 Å². The molecule has 0 spiro atoms. The van der Waals surface area contributed by atoms with Crippen LogP contribution in [-0.4, -0.2) is 128 Å². The highest BCUT2D eigenvalue weighted by molar-refractivity contribution is 7.47. The summed E-state index contributed by atoms with van der Waals surface area (Å²) >= 11 is 0. The fourth-order valence-electron chi connectivity index (χ4n) is 2.91. The number of hydrogen-bond acceptors (Lipinski definition) is 14. The van der Waals surface area contributed by atoms with Crippen molar-refractivity contribution in [3.63, 3.8) is 0 Å². The van der Waals surface area contributed by atoms with Crippen LogP contribution in [0.25, 0.3) is 0 Å². The molecule has 0 aliphatic carbocycles. The molecule has 2 fully saturated rings. The summed E-state index contributed by atoms with van der Waals surface area (Å²) in [4.78, 5) is 9.50. The van der Waals surface area contributed by atoms with E-state index in [1.807, 2.05) is 0 Å². The monoisotopic (exact) mass is 465 g/mol. The third-order valence-corrected chi connectivity index (χ3v) is 5.56. The molecule has 0 aromatic carbocycles. The molecular formula is C14H28NO14P. The zero-order chi connectivity index (χ0) is 22.6. The van der Waals surface area contributed by atoms with Crippen molar-refractivity contribution >= 4 is 7.82 Å². The maximum atomic E-state index is 11.7. The van der Waals surface area contributed by atoms with Crippen molar-refractivity contribution in [1.82, 2.24) is 0 Å². The molecule has 2 saturated heterocycles. The highest BCUT2D eigenvalue weighted by Gasteiger charge is 2.50. The van der Waals surface area contributed by atoms with E-state index in [1.165, 1.54) is 0 Å². The van der Waals surface area contributed by atoms with Crippen molar-refractivity contribution in [2.45, 2.75) is 61.4 Å². The lowest BCUT2D eigenvalue weighted by atomic mass is 9.97. The van der Waals surface area contributed by atoms with E-state index >= 15 is 0 Å². The van der Waals surface area contributed by atoms with E-state index in [4.69, 9.17) is 25.1 Å². The molecule has 30 heavy (non-hydrogen) atoms. The van der Waals surface area contributed by atoms with E-state index in [2.05, 4.69) is 9.05 Å². The SMILES string of the molecule is NCCOP(=O)(O)OC[C@H]1O[C@H](O[C@@H]2C(O)O[C@H](CO)[C@@H](O)[C@@H]2O)[C@@H](O)[C@@H](O)[C@@H]1O. The second-order valence-corrected chi connectivity index (χ2v) is 8.18. The van der Waals surface area contributed by atoms with E-state index in [0.29, 0.717) is 0 Å². The smallest absolute Gasteiger partial charge is 0.394 e. The predicted octanol–water partition coefficient (Wildman–Crippen LogP) is -5.30. The first-order valence-electron chi connectivity index (χ1n) is 9.00. The van der Waals surface area contributed by atoms with Gasteiger partial charge in [0, 0.05) is 6.54 Å². The summed E-state index contributed by atoms with van der Waals surface area (Å²) in [7, 11) is -4.54. The van der Waals surface area contributed by atoms with Crippen LogP contribution in [-0.2, 0) is 27.8 Å². The Morgan fingerprint density at radius 1 is 0.867 bits per heavy atom. The van der Waals surface area contributed by atoms with Gasteiger partial charge in [-0.2, -0.15) is 0 Å². The largest absolute Gasteiger partial charge is 0.472 e. The first-order chi connectivity index (χ1) is 14.0. The van der Waals surface area contributed by atoms with Crippen LogP contribution >= 0.6 is 7.82 Å². The molecule has 178 valence electrons. The van der Waals surface area contributed by atoms with Gasteiger partial charge in [0.1, 0.15) is 48.8 Å². The third-order valence-electron chi connectivity index (χ3n) is 4.58. The molecule has 2 heterocycles. The van der Waals surface area contributed by atoms with E-state index in [1.54, 1.807) is 0 Å². The molecule has 0 amide bonds. The maximum absolute atomic E-state index is 11.7. The number of phosphoric acid groups is 1. The molecule has 2 rings (SSSR count). The van der Waals surface area contributed by atoms with Gasteiger partial charge in [-0.1, -0.05) is 0 Å². The van der Waals surface area contributed by atoms with Crippen LogP contribution in [0, 0.1) is 0 Å². The van der Waals surface area contributed by atoms with Gasteiger partial charge in [0.05, 0.1) is 19.8 Å². The average molecular weight is 465 g/mol. The summed E-state index contributed by atoms with van der Waals surface area (Å²) in [6.45, 7) is -1.83. The zero-order valence-corrected chi connectivity index (χ0v) is 16.5. The number of hydrogen-bond donors (Lipinski definition) is 9. The molecule has 10 N–H and O–H groups in total. The number of aliphatic hydroxyl groups is 7. The minimum atomic E-state index is -4.54. The highest BCUT2D eigenvalue weighted by atomic mass is 31.2. The van der Waals surface area contributed by atoms with Crippen molar-refractivity contribution in [1.29, 1.82) is 0 Å². The molecule has 15 nitrogen and oxygen atoms in total. The van der Waals surface area contributed by atoms with Gasteiger partial charge in [-0.25, -0.2) is 4.57 Å². The van der Waals surface area contributed by atoms with Crippen LogP contribution in [0.2, 0.25) is 0 Å². The Bertz CT molecular complexity index is 585. The van der Waals surface area contributed by atoms with Crippen LogP contribution in [0.4, 0.5) is 0 Å². The third kappa shape index (κ3) is 6.13. The number of aliphatic hydroxyl groups excluding tert-OH is 7. The molecular weight excluding hydrogens is 437 g/mol. The number of ether oxygens (including phenoxy) is 3. The summed E-state index contributed by atoms with van der Waals surface area (Å²) in [5, 5.41) is 69.2. The molecule has 16 heteroatoms. The fourth-order valence-corrected chi connectivity index (χ4v) is 3.66. The number of rotatable bonds is 9. The van der Waals surface area contributed by atoms with E-state index in [0.717, 1.165) is 0 Å². The lowest BCUT2D eigenvalue weighted by Gasteiger charge is -2.45. The van der Waals surface area contributed by atoms with Gasteiger partial charge in [0.25, 0.3) is 0 Å². The van der Waals surface area contributed by atoms with Crippen molar-refractivity contribution in [3.05, 3.63) is 0 Å². The molecule has 0 bridgehead atoms. The molecule has 2 unspecified atom stereocenters. The van der Waals surface area contributed by atoms with Crippen molar-refractivity contribution in [2.75, 3.05) is 26.4 Å². The van der Waals surface area contributed by atoms with Gasteiger partial charge in [-0.3, -0.25) is 9.05 Å². The van der Waals surface area contributed by atoms with Crippen LogP contribution < -0.4 is 5.73 Å². The fraction of sp³-hybridized carbons (Fsp3) is 1.00. The van der Waals surface area contributed by atoms with Gasteiger partial charge in [-0.05, 0) is 0 Å². The number of nitrogens with two attached hydrogens (primary N) is 1. The van der Waals surface area contributed by atoms with Crippen LogP contribution in [0.1, 0.15) is 0 Å². The van der Waals surface area contributed by atoms with Gasteiger partial charge in [0.15, 0.2) is 12.6 Å². The van der Waals surface area contributed by atoms with Gasteiger partial charge >= 0.3 is 7.82 Å². The quantitative estimate of drug-likeness (QED) is 0.144. The normalized spacial score (nSPS) is 44.6. The Kier molecular flexibility index (Phi) is 9.51. The topological polar surface area (TPSA) is 251 Å². The average Bonchev–Trinajstić information content (AvgIpc) is 2.71. The first-order valence-corrected chi connectivity index (χ1v) is 10.5. The minimum absolute atomic E-state index is 0.0611. The summed E-state index contributed by atoms with van der Waals surface area (Å²) in [5.74, 6) is 0. The zero-order valence-electron chi connectivity index (χ0n) is 15.7. The second kappa shape index (κ2) is 11.0. The molecule has 0 aromatic rings. The van der Waals surface area contributed by atoms with Crippen molar-refractivity contribution in [2.24, 2.45) is 5.73 Å². The summed E-state index contributed by atoms with van der Waals surface area (Å²) < 4.78 is 36.3. The van der Waals surface area contributed by atoms with Crippen molar-refractivity contribution < 1.29 is 68.5 Å². The predicted molar refractivity (Wildman–Crippen MR) is 92.3 cm³/mol. The maximum Gasteiger partial charge on any atom is 0.472 e. The lowest BCUT2D eigenvalue weighted by Crippen LogP contribution is -2.64. The minimum Gasteiger partial charge on any atom is -0.394 e. The first kappa shape index (κ1) is 25.9. The Morgan fingerprint density at radius 3 is 2.10 bits per heavy atom. The molecule has 2 aliphatic rings. The van der Waals surface area contributed by atoms with Gasteiger partial charge in [-0.15, -0.1) is 0 Å². The lowest BCUT2D eigenvalue weighted by molar-refractivity contribution is -0.361. The Labute approximate surface area is 170 Å². The van der Waals surface area contributed by atoms with Crippen LogP contribution in [0.3, 0.4) is 0 Å². The standard InChI is InChI=1S/C14H28NO14P/c15-1-2-25-30(23,24)26-4-6-8(18)9(19)11(21)14(28-6)29-12-10(20)7(17)5(3-16)27-13(12)22/h5-14,16-22H,1-4,15H2,(H,23,24)/t5-,6-,7-,8-,9+,10+,11+,12+,13?,14-/m1/s1. The number of phosphoric ester groups is 1. The van der Waals surface area contributed by atoms with Gasteiger partial charge < -0.3 is 60.6 Å². The Hall–Kier alpha value is -0.330. The van der Waals surface area contributed by atoms with Crippen LogP contribution in [0.15, 0.2) is 0 Å². The van der Waals surface area contributed by atoms with E-state index < -0.39 is 82.4 Å². The summed E-state index contributed by atoms with van der Waals surface area (Å²) in [6.07, 6.45) is -17.0. The molecule has 0 aromatic heterocycles. The Morgan fingerprint density at radius 2 is 1.50 bits per heavy atom. The molecule has 0 radical (unpaired) electrons. The molecule has 2 aliphatic heterocycles. The van der Waals surface area contributed by atoms with Gasteiger partial charge in [0.2, 0.25) is 0 Å². The van der Waals surface area contributed by atoms with E-state index in [9.17, 15) is 40.1 Å². The van der Waals surface area contributed by atoms with Crippen LogP contribution in [0.5, 0.6) is 0 Å². The van der Waals surface area contributed by atoms with Crippen molar-refractivity contribution in [3.8, 4) is 0 Å². The highest BCUT2D eigenvalue weighted by Crippen LogP contribution is 2.43. The second-order valence-electron chi connectivity index (χ2n) is 6.73. The summed E-state index contributed by atoms with van der Waals surface area (Å²) in [5.41, 5.74) is 5.15. The molecule has 11 atom stereocenters.